The number of benzene rings is 2. The minimum absolute atomic E-state index is 0.644. The van der Waals surface area contributed by atoms with Crippen molar-refractivity contribution >= 4 is 0 Å². The molecule has 0 aliphatic carbocycles. The summed E-state index contributed by atoms with van der Waals surface area (Å²) >= 11 is 0. The molecule has 110 valence electrons. The van der Waals surface area contributed by atoms with E-state index in [9.17, 15) is 0 Å². The molecule has 0 unspecified atom stereocenters. The maximum absolute atomic E-state index is 5.93. The predicted molar refractivity (Wildman–Crippen MR) is 84.0 cm³/mol. The van der Waals surface area contributed by atoms with Gasteiger partial charge in [-0.1, -0.05) is 30.3 Å². The molecule has 0 aromatic heterocycles. The molecule has 2 N–H and O–H groups in total. The van der Waals surface area contributed by atoms with Gasteiger partial charge in [0.15, 0.2) is 0 Å². The van der Waals surface area contributed by atoms with Crippen molar-refractivity contribution in [1.29, 1.82) is 0 Å². The Hall–Kier alpha value is -2.00. The van der Waals surface area contributed by atoms with E-state index in [2.05, 4.69) is 24.3 Å². The summed E-state index contributed by atoms with van der Waals surface area (Å²) in [6, 6.07) is 14.5. The molecule has 1 heterocycles. The van der Waals surface area contributed by atoms with Gasteiger partial charge in [0.2, 0.25) is 0 Å². The Labute approximate surface area is 125 Å². The summed E-state index contributed by atoms with van der Waals surface area (Å²) in [4.78, 5) is 0. The zero-order valence-corrected chi connectivity index (χ0v) is 12.2. The number of fused-ring (bicyclic) bond motifs is 1. The first-order chi connectivity index (χ1) is 10.4. The molecule has 2 aromatic carbocycles. The van der Waals surface area contributed by atoms with E-state index in [4.69, 9.17) is 15.2 Å². The molecule has 0 spiro atoms. The third-order valence-corrected chi connectivity index (χ3v) is 3.79. The highest BCUT2D eigenvalue weighted by atomic mass is 16.5. The van der Waals surface area contributed by atoms with E-state index >= 15 is 0 Å². The van der Waals surface area contributed by atoms with Crippen molar-refractivity contribution in [2.75, 3.05) is 19.8 Å². The fourth-order valence-electron chi connectivity index (χ4n) is 2.68. The van der Waals surface area contributed by atoms with Crippen LogP contribution in [0.2, 0.25) is 0 Å². The van der Waals surface area contributed by atoms with Crippen molar-refractivity contribution in [3.05, 3.63) is 59.2 Å². The fraction of sp³-hybridized carbons (Fsp3) is 0.333. The van der Waals surface area contributed by atoms with Crippen molar-refractivity contribution in [1.82, 2.24) is 0 Å². The summed E-state index contributed by atoms with van der Waals surface area (Å²) < 4.78 is 11.5. The molecule has 3 rings (SSSR count). The van der Waals surface area contributed by atoms with Crippen molar-refractivity contribution in [2.45, 2.75) is 19.3 Å². The fourth-order valence-corrected chi connectivity index (χ4v) is 2.68. The van der Waals surface area contributed by atoms with E-state index < -0.39 is 0 Å². The van der Waals surface area contributed by atoms with Crippen molar-refractivity contribution in [2.24, 2.45) is 5.73 Å². The molecular formula is C18H21NO2. The lowest BCUT2D eigenvalue weighted by Gasteiger charge is -2.11. The van der Waals surface area contributed by atoms with Crippen LogP contribution >= 0.6 is 0 Å². The van der Waals surface area contributed by atoms with Crippen LogP contribution in [-0.4, -0.2) is 19.8 Å². The van der Waals surface area contributed by atoms with Crippen LogP contribution < -0.4 is 15.2 Å². The third-order valence-electron chi connectivity index (χ3n) is 3.79. The van der Waals surface area contributed by atoms with E-state index in [1.54, 1.807) is 0 Å². The Balaban J connectivity index is 1.59. The van der Waals surface area contributed by atoms with Gasteiger partial charge in [-0.3, -0.25) is 0 Å². The molecule has 3 heteroatoms. The highest BCUT2D eigenvalue weighted by Crippen LogP contribution is 2.26. The Bertz CT molecular complexity index is 610. The highest BCUT2D eigenvalue weighted by Gasteiger charge is 2.11. The second-order valence-electron chi connectivity index (χ2n) is 5.29. The average Bonchev–Trinajstić information content (AvgIpc) is 2.97. The summed E-state index contributed by atoms with van der Waals surface area (Å²) in [5, 5.41) is 0. The van der Waals surface area contributed by atoms with E-state index in [1.807, 2.05) is 18.2 Å². The van der Waals surface area contributed by atoms with Crippen LogP contribution in [0.5, 0.6) is 11.5 Å². The molecule has 0 atom stereocenters. The molecule has 2 aromatic rings. The first-order valence-corrected chi connectivity index (χ1v) is 7.52. The Morgan fingerprint density at radius 2 is 2.00 bits per heavy atom. The van der Waals surface area contributed by atoms with Gasteiger partial charge in [-0.05, 0) is 41.8 Å². The zero-order chi connectivity index (χ0) is 14.5. The number of hydrogen-bond acceptors (Lipinski definition) is 3. The van der Waals surface area contributed by atoms with Gasteiger partial charge in [0.05, 0.1) is 13.2 Å². The molecule has 0 fully saturated rings. The van der Waals surface area contributed by atoms with Crippen molar-refractivity contribution in [3.8, 4) is 11.5 Å². The van der Waals surface area contributed by atoms with Crippen LogP contribution in [0.15, 0.2) is 42.5 Å². The van der Waals surface area contributed by atoms with Crippen LogP contribution in [0.3, 0.4) is 0 Å². The maximum atomic E-state index is 5.93. The number of nitrogens with two attached hydrogens (primary N) is 1. The van der Waals surface area contributed by atoms with Gasteiger partial charge >= 0.3 is 0 Å². The van der Waals surface area contributed by atoms with Crippen molar-refractivity contribution in [3.63, 3.8) is 0 Å². The molecule has 1 aliphatic heterocycles. The lowest BCUT2D eigenvalue weighted by Crippen LogP contribution is -2.07. The van der Waals surface area contributed by atoms with E-state index in [-0.39, 0.29) is 0 Å². The van der Waals surface area contributed by atoms with Crippen LogP contribution in [0.25, 0.3) is 0 Å². The summed E-state index contributed by atoms with van der Waals surface area (Å²) in [7, 11) is 0. The summed E-state index contributed by atoms with van der Waals surface area (Å²) in [5.41, 5.74) is 9.43. The summed E-state index contributed by atoms with van der Waals surface area (Å²) in [5.74, 6) is 1.99. The highest BCUT2D eigenvalue weighted by molar-refractivity contribution is 5.40. The average molecular weight is 283 g/mol. The molecule has 0 saturated heterocycles. The van der Waals surface area contributed by atoms with Gasteiger partial charge in [-0.2, -0.15) is 0 Å². The molecule has 0 bridgehead atoms. The van der Waals surface area contributed by atoms with Crippen LogP contribution in [0.4, 0.5) is 0 Å². The normalized spacial score (nSPS) is 12.8. The predicted octanol–water partition coefficient (Wildman–Crippen LogP) is 2.74. The topological polar surface area (TPSA) is 44.5 Å². The van der Waals surface area contributed by atoms with Crippen molar-refractivity contribution < 1.29 is 9.47 Å². The second-order valence-corrected chi connectivity index (χ2v) is 5.29. The monoisotopic (exact) mass is 283 g/mol. The minimum Gasteiger partial charge on any atom is -0.493 e. The number of ether oxygens (including phenoxy) is 2. The number of para-hydroxylation sites is 1. The second kappa shape index (κ2) is 6.64. The maximum Gasteiger partial charge on any atom is 0.122 e. The molecule has 1 aliphatic rings. The van der Waals surface area contributed by atoms with Crippen LogP contribution in [0.1, 0.15) is 16.7 Å². The van der Waals surface area contributed by atoms with Crippen LogP contribution in [-0.2, 0) is 19.3 Å². The quantitative estimate of drug-likeness (QED) is 0.886. The largest absolute Gasteiger partial charge is 0.493 e. The number of rotatable bonds is 6. The summed E-state index contributed by atoms with van der Waals surface area (Å²) in [6.45, 7) is 2.13. The van der Waals surface area contributed by atoms with Gasteiger partial charge in [0, 0.05) is 12.8 Å². The van der Waals surface area contributed by atoms with E-state index in [1.165, 1.54) is 16.7 Å². The lowest BCUT2D eigenvalue weighted by atomic mass is 10.1. The molecule has 21 heavy (non-hydrogen) atoms. The Kier molecular flexibility index (Phi) is 4.41. The van der Waals surface area contributed by atoms with Crippen LogP contribution in [0, 0.1) is 0 Å². The van der Waals surface area contributed by atoms with Gasteiger partial charge in [0.1, 0.15) is 11.5 Å². The summed E-state index contributed by atoms with van der Waals surface area (Å²) in [6.07, 6.45) is 2.78. The van der Waals surface area contributed by atoms with Gasteiger partial charge in [-0.25, -0.2) is 0 Å². The smallest absolute Gasteiger partial charge is 0.122 e. The van der Waals surface area contributed by atoms with E-state index in [0.717, 1.165) is 37.4 Å². The zero-order valence-electron chi connectivity index (χ0n) is 12.2. The molecule has 0 amide bonds. The molecular weight excluding hydrogens is 262 g/mol. The van der Waals surface area contributed by atoms with Gasteiger partial charge < -0.3 is 15.2 Å². The number of hydrogen-bond donors (Lipinski definition) is 1. The SMILES string of the molecule is NCCc1ccccc1OCCc1ccc2c(c1)CCO2. The first-order valence-electron chi connectivity index (χ1n) is 7.52. The molecule has 0 saturated carbocycles. The Morgan fingerprint density at radius 3 is 2.90 bits per heavy atom. The lowest BCUT2D eigenvalue weighted by molar-refractivity contribution is 0.318. The Morgan fingerprint density at radius 1 is 1.10 bits per heavy atom. The van der Waals surface area contributed by atoms with Gasteiger partial charge in [-0.15, -0.1) is 0 Å². The van der Waals surface area contributed by atoms with E-state index in [0.29, 0.717) is 13.2 Å². The standard InChI is InChI=1S/C18H21NO2/c19-10-7-15-3-1-2-4-17(15)20-11-8-14-5-6-18-16(13-14)9-12-21-18/h1-6,13H,7-12,19H2. The third kappa shape index (κ3) is 3.37. The molecule has 0 radical (unpaired) electrons. The first kappa shape index (κ1) is 14.0. The molecule has 3 nitrogen and oxygen atoms in total. The van der Waals surface area contributed by atoms with Gasteiger partial charge in [0.25, 0.3) is 0 Å². The minimum atomic E-state index is 0.644.